The summed E-state index contributed by atoms with van der Waals surface area (Å²) in [5.74, 6) is -0.690. The summed E-state index contributed by atoms with van der Waals surface area (Å²) < 4.78 is 66.2. The van der Waals surface area contributed by atoms with Crippen molar-refractivity contribution in [3.05, 3.63) is 54.1 Å². The molecule has 0 bridgehead atoms. The van der Waals surface area contributed by atoms with E-state index in [1.165, 1.54) is 36.4 Å². The second-order valence-corrected chi connectivity index (χ2v) is 10.4. The summed E-state index contributed by atoms with van der Waals surface area (Å²) in [7, 11) is -4.05. The zero-order valence-electron chi connectivity index (χ0n) is 18.6. The summed E-state index contributed by atoms with van der Waals surface area (Å²) in [5.41, 5.74) is 0.307. The number of sulfonamides is 1. The van der Waals surface area contributed by atoms with Crippen molar-refractivity contribution in [1.29, 1.82) is 0 Å². The van der Waals surface area contributed by atoms with Gasteiger partial charge in [-0.1, -0.05) is 45.0 Å². The molecule has 180 valence electrons. The summed E-state index contributed by atoms with van der Waals surface area (Å²) in [6.07, 6.45) is -3.77. The van der Waals surface area contributed by atoms with Gasteiger partial charge in [0.05, 0.1) is 16.5 Å². The lowest BCUT2D eigenvalue weighted by Crippen LogP contribution is -2.45. The minimum Gasteiger partial charge on any atom is -0.286 e. The molecule has 1 heterocycles. The molecule has 0 spiro atoms. The van der Waals surface area contributed by atoms with E-state index in [4.69, 9.17) is 0 Å². The van der Waals surface area contributed by atoms with Crippen molar-refractivity contribution in [3.63, 3.8) is 0 Å². The Labute approximate surface area is 191 Å². The molecule has 2 atom stereocenters. The van der Waals surface area contributed by atoms with E-state index in [0.29, 0.717) is 22.6 Å². The van der Waals surface area contributed by atoms with Crippen LogP contribution in [0.3, 0.4) is 0 Å². The van der Waals surface area contributed by atoms with Gasteiger partial charge in [-0.3, -0.25) is 10.0 Å². The molecular weight excluding hydrogens is 457 g/mol. The molecule has 0 aliphatic carbocycles. The van der Waals surface area contributed by atoms with Gasteiger partial charge in [-0.05, 0) is 54.2 Å². The maximum absolute atomic E-state index is 13.4. The van der Waals surface area contributed by atoms with Crippen molar-refractivity contribution in [2.45, 2.75) is 56.8 Å². The third kappa shape index (κ3) is 5.07. The van der Waals surface area contributed by atoms with Crippen LogP contribution in [0.25, 0.3) is 11.1 Å². The lowest BCUT2D eigenvalue weighted by molar-refractivity contribution is -0.170. The van der Waals surface area contributed by atoms with Crippen molar-refractivity contribution in [3.8, 4) is 11.1 Å². The van der Waals surface area contributed by atoms with E-state index in [-0.39, 0.29) is 23.8 Å². The summed E-state index contributed by atoms with van der Waals surface area (Å²) in [6.45, 7) is 5.61. The minimum absolute atomic E-state index is 0.0306. The molecule has 1 fully saturated rings. The monoisotopic (exact) mass is 484 g/mol. The maximum atomic E-state index is 13.4. The zero-order valence-corrected chi connectivity index (χ0v) is 19.4. The number of amides is 1. The normalized spacial score (nSPS) is 19.7. The maximum Gasteiger partial charge on any atom is 0.416 e. The Kier molecular flexibility index (Phi) is 7.21. The number of alkyl halides is 3. The lowest BCUT2D eigenvalue weighted by atomic mass is 10.0. The molecule has 1 N–H and O–H groups in total. The molecular formula is C23H27F3N2O4S. The molecule has 1 aliphatic heterocycles. The minimum atomic E-state index is -4.43. The Morgan fingerprint density at radius 3 is 2.00 bits per heavy atom. The number of hydroxylamine groups is 2. The lowest BCUT2D eigenvalue weighted by Gasteiger charge is -2.26. The van der Waals surface area contributed by atoms with E-state index in [1.54, 1.807) is 6.92 Å². The Bertz CT molecular complexity index is 1080. The average molecular weight is 485 g/mol. The van der Waals surface area contributed by atoms with E-state index in [9.17, 15) is 31.6 Å². The first kappa shape index (κ1) is 25.2. The van der Waals surface area contributed by atoms with Crippen molar-refractivity contribution in [2.75, 3.05) is 6.54 Å². The first-order chi connectivity index (χ1) is 15.4. The average Bonchev–Trinajstić information content (AvgIpc) is 3.06. The van der Waals surface area contributed by atoms with Gasteiger partial charge in [-0.2, -0.15) is 17.5 Å². The highest BCUT2D eigenvalue weighted by atomic mass is 32.2. The van der Waals surface area contributed by atoms with Crippen molar-refractivity contribution in [2.24, 2.45) is 5.92 Å². The quantitative estimate of drug-likeness (QED) is 0.574. The van der Waals surface area contributed by atoms with Gasteiger partial charge in [-0.25, -0.2) is 13.5 Å². The van der Waals surface area contributed by atoms with Crippen LogP contribution in [0.5, 0.6) is 0 Å². The number of carbonyl (C=O) groups is 1. The number of hydrogen-bond donors (Lipinski definition) is 1. The summed E-state index contributed by atoms with van der Waals surface area (Å²) in [5, 5.41) is 10.8. The highest BCUT2D eigenvalue weighted by Crippen LogP contribution is 2.33. The molecule has 1 aliphatic rings. The van der Waals surface area contributed by atoms with E-state index in [0.717, 1.165) is 16.4 Å². The highest BCUT2D eigenvalue weighted by Gasteiger charge is 2.47. The van der Waals surface area contributed by atoms with Crippen LogP contribution in [0, 0.1) is 5.92 Å². The van der Waals surface area contributed by atoms with Crippen LogP contribution in [0.15, 0.2) is 53.4 Å². The van der Waals surface area contributed by atoms with Gasteiger partial charge in [0.1, 0.15) is 6.04 Å². The Balaban J connectivity index is 1.88. The summed E-state index contributed by atoms with van der Waals surface area (Å²) >= 11 is 0. The molecule has 6 nitrogen and oxygen atoms in total. The van der Waals surface area contributed by atoms with E-state index in [2.05, 4.69) is 0 Å². The first-order valence-electron chi connectivity index (χ1n) is 10.7. The zero-order chi connectivity index (χ0) is 24.6. The molecule has 2 aromatic rings. The topological polar surface area (TPSA) is 77.9 Å². The molecule has 0 radical (unpaired) electrons. The number of carbonyl (C=O) groups excluding carboxylic acids is 1. The number of nitrogens with zero attached hydrogens (tertiary/aromatic N) is 2. The smallest absolute Gasteiger partial charge is 0.286 e. The Hall–Kier alpha value is -2.43. The second-order valence-electron chi connectivity index (χ2n) is 8.46. The van der Waals surface area contributed by atoms with E-state index >= 15 is 0 Å². The van der Waals surface area contributed by atoms with Gasteiger partial charge in [0.2, 0.25) is 10.0 Å². The van der Waals surface area contributed by atoms with Crippen LogP contribution in [0.1, 0.15) is 39.2 Å². The number of benzene rings is 2. The third-order valence-corrected chi connectivity index (χ3v) is 7.78. The van der Waals surface area contributed by atoms with Crippen LogP contribution in [0.4, 0.5) is 13.2 Å². The van der Waals surface area contributed by atoms with E-state index in [1.807, 2.05) is 13.8 Å². The standard InChI is InChI=1S/C23H27F3N2O4S/c1-4-13-27(21-14-20(15(2)3)28(30)22(21)29)33(31,32)19-11-7-17(8-12-19)16-5-9-18(10-6-16)23(24,25)26/h5-12,15,20-21,30H,4,13-14H2,1-3H3/t20-,21?/m0/s1. The predicted molar refractivity (Wildman–Crippen MR) is 117 cm³/mol. The molecule has 1 saturated heterocycles. The fraction of sp³-hybridized carbons (Fsp3) is 0.435. The molecule has 0 saturated carbocycles. The van der Waals surface area contributed by atoms with Crippen molar-refractivity contribution >= 4 is 15.9 Å². The van der Waals surface area contributed by atoms with Crippen LogP contribution >= 0.6 is 0 Å². The fourth-order valence-corrected chi connectivity index (χ4v) is 5.70. The van der Waals surface area contributed by atoms with Gasteiger partial charge in [0.25, 0.3) is 5.91 Å². The SMILES string of the molecule is CCCN(C1C[C@@H](C(C)C)N(O)C1=O)S(=O)(=O)c1ccc(-c2ccc(C(F)(F)F)cc2)cc1. The first-order valence-corrected chi connectivity index (χ1v) is 12.1. The molecule has 33 heavy (non-hydrogen) atoms. The number of rotatable bonds is 7. The molecule has 1 unspecified atom stereocenters. The molecule has 2 aromatic carbocycles. The fourth-order valence-electron chi connectivity index (χ4n) is 4.01. The van der Waals surface area contributed by atoms with Crippen molar-refractivity contribution in [1.82, 2.24) is 9.37 Å². The third-order valence-electron chi connectivity index (χ3n) is 5.86. The molecule has 1 amide bonds. The van der Waals surface area contributed by atoms with Crippen molar-refractivity contribution < 1.29 is 31.6 Å². The van der Waals surface area contributed by atoms with Gasteiger partial charge in [-0.15, -0.1) is 0 Å². The number of halogens is 3. The molecule has 3 rings (SSSR count). The summed E-state index contributed by atoms with van der Waals surface area (Å²) in [4.78, 5) is 12.6. The Morgan fingerprint density at radius 2 is 1.58 bits per heavy atom. The van der Waals surface area contributed by atoms with Gasteiger partial charge < -0.3 is 0 Å². The van der Waals surface area contributed by atoms with E-state index < -0.39 is 39.8 Å². The van der Waals surface area contributed by atoms with Gasteiger partial charge in [0.15, 0.2) is 0 Å². The van der Waals surface area contributed by atoms with Gasteiger partial charge in [0, 0.05) is 6.54 Å². The van der Waals surface area contributed by atoms with Gasteiger partial charge >= 0.3 is 6.18 Å². The summed E-state index contributed by atoms with van der Waals surface area (Å²) in [6, 6.07) is 8.92. The largest absolute Gasteiger partial charge is 0.416 e. The van der Waals surface area contributed by atoms with Crippen LogP contribution in [0.2, 0.25) is 0 Å². The molecule has 10 heteroatoms. The van der Waals surface area contributed by atoms with Crippen LogP contribution < -0.4 is 0 Å². The highest BCUT2D eigenvalue weighted by molar-refractivity contribution is 7.89. The second kappa shape index (κ2) is 9.44. The van der Waals surface area contributed by atoms with Crippen LogP contribution in [-0.4, -0.2) is 47.5 Å². The molecule has 0 aromatic heterocycles. The Morgan fingerprint density at radius 1 is 1.06 bits per heavy atom. The predicted octanol–water partition coefficient (Wildman–Crippen LogP) is 4.79. The number of hydrogen-bond acceptors (Lipinski definition) is 4. The van der Waals surface area contributed by atoms with Crippen LogP contribution in [-0.2, 0) is 21.0 Å².